The first-order chi connectivity index (χ1) is 17.0. The van der Waals surface area contributed by atoms with Crippen LogP contribution in [-0.4, -0.2) is 52.9 Å². The van der Waals surface area contributed by atoms with Crippen molar-refractivity contribution in [1.29, 1.82) is 0 Å². The molecule has 0 unspecified atom stereocenters. The van der Waals surface area contributed by atoms with Crippen LogP contribution in [0.15, 0.2) is 59.1 Å². The van der Waals surface area contributed by atoms with Crippen LogP contribution in [0.3, 0.4) is 0 Å². The molecule has 0 saturated heterocycles. The predicted octanol–water partition coefficient (Wildman–Crippen LogP) is 3.65. The zero-order valence-corrected chi connectivity index (χ0v) is 19.8. The van der Waals surface area contributed by atoms with Crippen molar-refractivity contribution in [3.05, 3.63) is 77.2 Å². The Balaban J connectivity index is 1.29. The molecule has 1 atom stereocenters. The molecule has 3 N–H and O–H groups in total. The number of benzene rings is 2. The van der Waals surface area contributed by atoms with Gasteiger partial charge in [0.15, 0.2) is 11.5 Å². The molecule has 3 aromatic rings. The molecule has 0 radical (unpaired) electrons. The third-order valence-electron chi connectivity index (χ3n) is 5.76. The van der Waals surface area contributed by atoms with Gasteiger partial charge in [-0.1, -0.05) is 53.7 Å². The number of hydrogen-bond donors (Lipinski definition) is 3. The number of thioether (sulfide) groups is 1. The summed E-state index contributed by atoms with van der Waals surface area (Å²) >= 11 is 1.49. The van der Waals surface area contributed by atoms with E-state index < -0.39 is 24.0 Å². The highest BCUT2D eigenvalue weighted by atomic mass is 32.2. The van der Waals surface area contributed by atoms with Gasteiger partial charge in [0.25, 0.3) is 5.91 Å². The van der Waals surface area contributed by atoms with Crippen molar-refractivity contribution in [2.24, 2.45) is 0 Å². The fraction of sp³-hybridized carbons (Fsp3) is 0.280. The number of rotatable bonds is 10. The highest BCUT2D eigenvalue weighted by Gasteiger charge is 2.29. The number of aromatic nitrogens is 1. The van der Waals surface area contributed by atoms with Crippen molar-refractivity contribution in [2.75, 3.05) is 18.6 Å². The SMILES string of the molecule is CSCC[C@H](NC(=O)c1cc(CNC(=O)OCC2c3ccccc3-c3ccccc32)on1)C(=O)O. The maximum absolute atomic E-state index is 12.3. The third kappa shape index (κ3) is 5.65. The molecule has 1 aliphatic carbocycles. The largest absolute Gasteiger partial charge is 0.480 e. The molecule has 10 heteroatoms. The first kappa shape index (κ1) is 24.3. The van der Waals surface area contributed by atoms with Crippen molar-refractivity contribution >= 4 is 29.7 Å². The number of aliphatic carboxylic acids is 1. The van der Waals surface area contributed by atoms with Crippen LogP contribution in [0.1, 0.15) is 39.7 Å². The van der Waals surface area contributed by atoms with Crippen LogP contribution in [0.4, 0.5) is 4.79 Å². The van der Waals surface area contributed by atoms with Crippen LogP contribution in [0.25, 0.3) is 11.1 Å². The normalized spacial score (nSPS) is 12.9. The van der Waals surface area contributed by atoms with Crippen LogP contribution in [0.5, 0.6) is 0 Å². The number of nitrogens with zero attached hydrogens (tertiary/aromatic N) is 1. The minimum atomic E-state index is -1.12. The Bertz CT molecular complexity index is 1180. The molecule has 2 amide bonds. The van der Waals surface area contributed by atoms with E-state index in [-0.39, 0.29) is 36.9 Å². The van der Waals surface area contributed by atoms with Gasteiger partial charge < -0.3 is 25.0 Å². The van der Waals surface area contributed by atoms with Crippen LogP contribution in [0, 0.1) is 0 Å². The summed E-state index contributed by atoms with van der Waals surface area (Å²) in [7, 11) is 0. The summed E-state index contributed by atoms with van der Waals surface area (Å²) in [4.78, 5) is 35.9. The lowest BCUT2D eigenvalue weighted by atomic mass is 9.98. The topological polar surface area (TPSA) is 131 Å². The van der Waals surface area contributed by atoms with Crippen molar-refractivity contribution in [3.8, 4) is 11.1 Å². The Morgan fingerprint density at radius 3 is 2.40 bits per heavy atom. The summed E-state index contributed by atoms with van der Waals surface area (Å²) < 4.78 is 10.6. The number of carboxylic acid groups (broad SMARTS) is 1. The molecule has 4 rings (SSSR count). The van der Waals surface area contributed by atoms with Gasteiger partial charge in [0, 0.05) is 12.0 Å². The molecule has 0 bridgehead atoms. The van der Waals surface area contributed by atoms with E-state index in [1.807, 2.05) is 42.7 Å². The van der Waals surface area contributed by atoms with Gasteiger partial charge in [-0.2, -0.15) is 11.8 Å². The minimum absolute atomic E-state index is 0.0359. The number of alkyl carbamates (subject to hydrolysis) is 1. The summed E-state index contributed by atoms with van der Waals surface area (Å²) in [5, 5.41) is 17.9. The van der Waals surface area contributed by atoms with Crippen LogP contribution < -0.4 is 10.6 Å². The van der Waals surface area contributed by atoms with Gasteiger partial charge in [0.2, 0.25) is 0 Å². The molecule has 1 aromatic heterocycles. The Hall–Kier alpha value is -3.79. The molecule has 1 heterocycles. The molecule has 1 aliphatic rings. The second kappa shape index (κ2) is 11.1. The van der Waals surface area contributed by atoms with Crippen LogP contribution >= 0.6 is 11.8 Å². The maximum Gasteiger partial charge on any atom is 0.407 e. The smallest absolute Gasteiger partial charge is 0.407 e. The number of carbonyl (C=O) groups excluding carboxylic acids is 2. The lowest BCUT2D eigenvalue weighted by Gasteiger charge is -2.14. The molecule has 0 aliphatic heterocycles. The Kier molecular flexibility index (Phi) is 7.71. The molecular weight excluding hydrogens is 470 g/mol. The van der Waals surface area contributed by atoms with Crippen molar-refractivity contribution < 1.29 is 28.8 Å². The van der Waals surface area contributed by atoms with Gasteiger partial charge >= 0.3 is 12.1 Å². The summed E-state index contributed by atoms with van der Waals surface area (Å²) in [6.45, 7) is 0.141. The number of amides is 2. The van der Waals surface area contributed by atoms with E-state index in [0.29, 0.717) is 5.75 Å². The van der Waals surface area contributed by atoms with E-state index in [1.165, 1.54) is 17.8 Å². The number of nitrogens with one attached hydrogen (secondary N) is 2. The van der Waals surface area contributed by atoms with E-state index in [1.54, 1.807) is 0 Å². The second-order valence-electron chi connectivity index (χ2n) is 8.00. The van der Waals surface area contributed by atoms with Crippen LogP contribution in [-0.2, 0) is 16.1 Å². The van der Waals surface area contributed by atoms with Gasteiger partial charge in [0.1, 0.15) is 12.6 Å². The molecule has 0 spiro atoms. The maximum atomic E-state index is 12.3. The Labute approximate surface area is 206 Å². The van der Waals surface area contributed by atoms with E-state index in [4.69, 9.17) is 9.26 Å². The Morgan fingerprint density at radius 1 is 1.11 bits per heavy atom. The molecule has 35 heavy (non-hydrogen) atoms. The van der Waals surface area contributed by atoms with Crippen molar-refractivity contribution in [2.45, 2.75) is 24.9 Å². The highest BCUT2D eigenvalue weighted by Crippen LogP contribution is 2.44. The van der Waals surface area contributed by atoms with E-state index in [9.17, 15) is 19.5 Å². The summed E-state index contributed by atoms with van der Waals surface area (Å²) in [5.41, 5.74) is 4.45. The third-order valence-corrected chi connectivity index (χ3v) is 6.40. The van der Waals surface area contributed by atoms with Gasteiger partial charge in [-0.15, -0.1) is 0 Å². The number of ether oxygens (including phenoxy) is 1. The first-order valence-electron chi connectivity index (χ1n) is 11.0. The molecule has 2 aromatic carbocycles. The molecule has 0 saturated carbocycles. The average molecular weight is 496 g/mol. The van der Waals surface area contributed by atoms with Crippen LogP contribution in [0.2, 0.25) is 0 Å². The summed E-state index contributed by atoms with van der Waals surface area (Å²) in [6, 6.07) is 16.5. The fourth-order valence-corrected chi connectivity index (χ4v) is 4.51. The quantitative estimate of drug-likeness (QED) is 0.389. The minimum Gasteiger partial charge on any atom is -0.480 e. The van der Waals surface area contributed by atoms with Gasteiger partial charge in [-0.25, -0.2) is 9.59 Å². The average Bonchev–Trinajstić information content (AvgIpc) is 3.47. The van der Waals surface area contributed by atoms with E-state index in [0.717, 1.165) is 22.3 Å². The summed E-state index contributed by atoms with van der Waals surface area (Å²) in [6.07, 6.45) is 1.52. The van der Waals surface area contributed by atoms with Gasteiger partial charge in [-0.05, 0) is 40.7 Å². The molecule has 0 fully saturated rings. The molecule has 182 valence electrons. The first-order valence-corrected chi connectivity index (χ1v) is 12.4. The number of fused-ring (bicyclic) bond motifs is 3. The molecular formula is C25H25N3O6S. The lowest BCUT2D eigenvalue weighted by Crippen LogP contribution is -2.41. The van der Waals surface area contributed by atoms with Crippen molar-refractivity contribution in [3.63, 3.8) is 0 Å². The standard InChI is InChI=1S/C25H25N3O6S/c1-35-11-10-21(24(30)31)27-23(29)22-12-15(34-28-22)13-26-25(32)33-14-20-18-8-4-2-6-16(18)17-7-3-5-9-19(17)20/h2-9,12,20-21H,10-11,13-14H2,1H3,(H,26,32)(H,27,29)(H,30,31)/t21-/m0/s1. The number of hydrogen-bond acceptors (Lipinski definition) is 7. The fourth-order valence-electron chi connectivity index (χ4n) is 4.04. The zero-order valence-electron chi connectivity index (χ0n) is 19.0. The van der Waals surface area contributed by atoms with Crippen molar-refractivity contribution in [1.82, 2.24) is 15.8 Å². The summed E-state index contributed by atoms with van der Waals surface area (Å²) in [5.74, 6) is -1.00. The number of carbonyl (C=O) groups is 3. The lowest BCUT2D eigenvalue weighted by molar-refractivity contribution is -0.139. The van der Waals surface area contributed by atoms with E-state index >= 15 is 0 Å². The monoisotopic (exact) mass is 495 g/mol. The van der Waals surface area contributed by atoms with Gasteiger partial charge in [0.05, 0.1) is 6.54 Å². The molecule has 9 nitrogen and oxygen atoms in total. The number of carboxylic acids is 1. The predicted molar refractivity (Wildman–Crippen MR) is 130 cm³/mol. The zero-order chi connectivity index (χ0) is 24.8. The second-order valence-corrected chi connectivity index (χ2v) is 8.99. The van der Waals surface area contributed by atoms with E-state index in [2.05, 4.69) is 27.9 Å². The highest BCUT2D eigenvalue weighted by molar-refractivity contribution is 7.98. The Morgan fingerprint density at radius 2 is 1.77 bits per heavy atom. The van der Waals surface area contributed by atoms with Gasteiger partial charge in [-0.3, -0.25) is 4.79 Å².